The lowest BCUT2D eigenvalue weighted by molar-refractivity contribution is 0.0535. The lowest BCUT2D eigenvalue weighted by atomic mass is 10.2. The summed E-state index contributed by atoms with van der Waals surface area (Å²) >= 11 is 0. The number of nitrogens with one attached hydrogen (secondary N) is 1. The Balaban J connectivity index is 1.70. The maximum atomic E-state index is 12.5. The van der Waals surface area contributed by atoms with E-state index in [1.54, 1.807) is 0 Å². The molecule has 6 nitrogen and oxygen atoms in total. The standard InChI is InChI=1S/C14H22N4O2/c1-2-17(9-11-5-3-8-20-11)13(19)12-10-18-7-4-6-15-14(18)16-12/h10-11H,2-9H2,1H3,(H,15,16). The Bertz CT molecular complexity index is 456. The number of hydrogen-bond donors (Lipinski definition) is 1. The molecule has 0 saturated carbocycles. The number of fused-ring (bicyclic) bond motifs is 1. The number of carbonyl (C=O) groups is 1. The average Bonchev–Trinajstić information content (AvgIpc) is 3.12. The number of anilines is 1. The summed E-state index contributed by atoms with van der Waals surface area (Å²) < 4.78 is 7.65. The molecule has 0 spiro atoms. The average molecular weight is 278 g/mol. The van der Waals surface area contributed by atoms with Gasteiger partial charge in [-0.25, -0.2) is 4.98 Å². The van der Waals surface area contributed by atoms with Crippen LogP contribution < -0.4 is 5.32 Å². The van der Waals surface area contributed by atoms with Crippen molar-refractivity contribution in [3.05, 3.63) is 11.9 Å². The van der Waals surface area contributed by atoms with Crippen LogP contribution >= 0.6 is 0 Å². The van der Waals surface area contributed by atoms with Gasteiger partial charge in [-0.1, -0.05) is 0 Å². The summed E-state index contributed by atoms with van der Waals surface area (Å²) in [6, 6.07) is 0. The maximum absolute atomic E-state index is 12.5. The highest BCUT2D eigenvalue weighted by molar-refractivity contribution is 5.92. The fourth-order valence-corrected chi connectivity index (χ4v) is 2.83. The number of hydrogen-bond acceptors (Lipinski definition) is 4. The van der Waals surface area contributed by atoms with E-state index in [1.165, 1.54) is 0 Å². The number of rotatable bonds is 4. The number of aromatic nitrogens is 2. The number of nitrogens with zero attached hydrogens (tertiary/aromatic N) is 3. The van der Waals surface area contributed by atoms with Gasteiger partial charge in [0.25, 0.3) is 5.91 Å². The Hall–Kier alpha value is -1.56. The van der Waals surface area contributed by atoms with Crippen LogP contribution in [-0.2, 0) is 11.3 Å². The summed E-state index contributed by atoms with van der Waals surface area (Å²) in [4.78, 5) is 18.8. The highest BCUT2D eigenvalue weighted by Gasteiger charge is 2.25. The van der Waals surface area contributed by atoms with E-state index in [9.17, 15) is 4.79 Å². The molecule has 20 heavy (non-hydrogen) atoms. The molecule has 1 fully saturated rings. The molecule has 0 aliphatic carbocycles. The van der Waals surface area contributed by atoms with Gasteiger partial charge in [0.1, 0.15) is 5.69 Å². The predicted octanol–water partition coefficient (Wildman–Crippen LogP) is 1.34. The quantitative estimate of drug-likeness (QED) is 0.903. The molecule has 0 radical (unpaired) electrons. The van der Waals surface area contributed by atoms with Crippen LogP contribution in [-0.4, -0.2) is 52.7 Å². The number of likely N-dealkylation sites (N-methyl/N-ethyl adjacent to an activating group) is 1. The zero-order valence-electron chi connectivity index (χ0n) is 12.0. The van der Waals surface area contributed by atoms with E-state index < -0.39 is 0 Å². The third-order valence-corrected chi connectivity index (χ3v) is 3.97. The van der Waals surface area contributed by atoms with Crippen molar-refractivity contribution in [2.75, 3.05) is 31.6 Å². The minimum Gasteiger partial charge on any atom is -0.376 e. The summed E-state index contributed by atoms with van der Waals surface area (Å²) in [5, 5.41) is 3.22. The molecule has 1 atom stereocenters. The van der Waals surface area contributed by atoms with E-state index in [1.807, 2.05) is 22.6 Å². The van der Waals surface area contributed by atoms with Gasteiger partial charge in [-0.2, -0.15) is 0 Å². The first-order valence-electron chi connectivity index (χ1n) is 7.50. The number of carbonyl (C=O) groups excluding carboxylic acids is 1. The highest BCUT2D eigenvalue weighted by Crippen LogP contribution is 2.17. The highest BCUT2D eigenvalue weighted by atomic mass is 16.5. The van der Waals surface area contributed by atoms with Gasteiger partial charge in [0.15, 0.2) is 0 Å². The SMILES string of the molecule is CCN(CC1CCCO1)C(=O)c1cn2c(n1)NCCC2. The maximum Gasteiger partial charge on any atom is 0.274 e. The molecule has 1 unspecified atom stereocenters. The molecule has 1 aromatic rings. The molecule has 3 rings (SSSR count). The monoisotopic (exact) mass is 278 g/mol. The van der Waals surface area contributed by atoms with E-state index in [-0.39, 0.29) is 12.0 Å². The Morgan fingerprint density at radius 3 is 3.20 bits per heavy atom. The fourth-order valence-electron chi connectivity index (χ4n) is 2.83. The van der Waals surface area contributed by atoms with Gasteiger partial charge >= 0.3 is 0 Å². The van der Waals surface area contributed by atoms with Gasteiger partial charge in [0.2, 0.25) is 5.95 Å². The summed E-state index contributed by atoms with van der Waals surface area (Å²) in [5.74, 6) is 0.819. The van der Waals surface area contributed by atoms with Gasteiger partial charge in [-0.15, -0.1) is 0 Å². The second-order valence-electron chi connectivity index (χ2n) is 5.40. The Morgan fingerprint density at radius 2 is 2.50 bits per heavy atom. The topological polar surface area (TPSA) is 59.4 Å². The van der Waals surface area contributed by atoms with Crippen LogP contribution in [0.2, 0.25) is 0 Å². The van der Waals surface area contributed by atoms with Crippen molar-refractivity contribution >= 4 is 11.9 Å². The molecule has 2 aliphatic heterocycles. The lowest BCUT2D eigenvalue weighted by Gasteiger charge is -2.23. The summed E-state index contributed by atoms with van der Waals surface area (Å²) in [7, 11) is 0. The first-order chi connectivity index (χ1) is 9.78. The van der Waals surface area contributed by atoms with Gasteiger partial charge in [-0.05, 0) is 26.2 Å². The molecule has 1 saturated heterocycles. The fraction of sp³-hybridized carbons (Fsp3) is 0.714. The number of amides is 1. The zero-order valence-corrected chi connectivity index (χ0v) is 12.0. The second-order valence-corrected chi connectivity index (χ2v) is 5.40. The Labute approximate surface area is 119 Å². The predicted molar refractivity (Wildman–Crippen MR) is 75.9 cm³/mol. The second kappa shape index (κ2) is 5.83. The third-order valence-electron chi connectivity index (χ3n) is 3.97. The summed E-state index contributed by atoms with van der Waals surface area (Å²) in [6.07, 6.45) is 5.27. The normalized spacial score (nSPS) is 21.4. The first kappa shape index (κ1) is 13.4. The van der Waals surface area contributed by atoms with Gasteiger partial charge in [0, 0.05) is 39.0 Å². The molecular formula is C14H22N4O2. The van der Waals surface area contributed by atoms with Gasteiger partial charge in [0.05, 0.1) is 6.10 Å². The van der Waals surface area contributed by atoms with Crippen molar-refractivity contribution in [2.24, 2.45) is 0 Å². The molecule has 0 aromatic carbocycles. The molecule has 110 valence electrons. The van der Waals surface area contributed by atoms with Crippen LogP contribution in [0.3, 0.4) is 0 Å². The first-order valence-corrected chi connectivity index (χ1v) is 7.50. The number of aryl methyl sites for hydroxylation is 1. The zero-order chi connectivity index (χ0) is 13.9. The molecular weight excluding hydrogens is 256 g/mol. The van der Waals surface area contributed by atoms with Crippen LogP contribution in [0.1, 0.15) is 36.7 Å². The molecule has 1 aromatic heterocycles. The molecule has 1 amide bonds. The van der Waals surface area contributed by atoms with E-state index in [0.29, 0.717) is 18.8 Å². The van der Waals surface area contributed by atoms with Crippen LogP contribution in [0.15, 0.2) is 6.20 Å². The molecule has 1 N–H and O–H groups in total. The van der Waals surface area contributed by atoms with Gasteiger partial charge in [-0.3, -0.25) is 4.79 Å². The summed E-state index contributed by atoms with van der Waals surface area (Å²) in [5.41, 5.74) is 0.536. The smallest absolute Gasteiger partial charge is 0.274 e. The van der Waals surface area contributed by atoms with Crippen molar-refractivity contribution < 1.29 is 9.53 Å². The largest absolute Gasteiger partial charge is 0.376 e. The number of ether oxygens (including phenoxy) is 1. The lowest BCUT2D eigenvalue weighted by Crippen LogP contribution is -2.37. The van der Waals surface area contributed by atoms with Crippen LogP contribution in [0.4, 0.5) is 5.95 Å². The molecule has 6 heteroatoms. The molecule has 0 bridgehead atoms. The van der Waals surface area contributed by atoms with E-state index in [0.717, 1.165) is 44.9 Å². The van der Waals surface area contributed by atoms with Crippen molar-refractivity contribution in [1.82, 2.24) is 14.5 Å². The van der Waals surface area contributed by atoms with Crippen LogP contribution in [0.25, 0.3) is 0 Å². The number of imidazole rings is 1. The van der Waals surface area contributed by atoms with Crippen molar-refractivity contribution in [3.8, 4) is 0 Å². The molecule has 2 aliphatic rings. The van der Waals surface area contributed by atoms with Crippen molar-refractivity contribution in [1.29, 1.82) is 0 Å². The third kappa shape index (κ3) is 2.65. The van der Waals surface area contributed by atoms with E-state index in [2.05, 4.69) is 10.3 Å². The van der Waals surface area contributed by atoms with E-state index in [4.69, 9.17) is 4.74 Å². The van der Waals surface area contributed by atoms with Crippen LogP contribution in [0.5, 0.6) is 0 Å². The summed E-state index contributed by atoms with van der Waals surface area (Å²) in [6.45, 7) is 6.04. The van der Waals surface area contributed by atoms with E-state index >= 15 is 0 Å². The minimum atomic E-state index is 0.00620. The Kier molecular flexibility index (Phi) is 3.91. The molecule has 3 heterocycles. The minimum absolute atomic E-state index is 0.00620. The van der Waals surface area contributed by atoms with Crippen molar-refractivity contribution in [3.63, 3.8) is 0 Å². The Morgan fingerprint density at radius 1 is 1.60 bits per heavy atom. The van der Waals surface area contributed by atoms with Crippen LogP contribution in [0, 0.1) is 0 Å². The van der Waals surface area contributed by atoms with Crippen molar-refractivity contribution in [2.45, 2.75) is 38.8 Å². The van der Waals surface area contributed by atoms with Gasteiger partial charge < -0.3 is 19.5 Å².